The average Bonchev–Trinajstić information content (AvgIpc) is 2.82. The number of rotatable bonds is 2. The van der Waals surface area contributed by atoms with Gasteiger partial charge in [0.2, 0.25) is 0 Å². The SMILES string of the molecule is CCC1CNCCN1c1nc2ccccc2s1. The molecule has 2 aromatic rings. The van der Waals surface area contributed by atoms with Crippen LogP contribution in [0.4, 0.5) is 5.13 Å². The number of aromatic nitrogens is 1. The molecular formula is C13H17N3S. The average molecular weight is 247 g/mol. The number of benzene rings is 1. The highest BCUT2D eigenvalue weighted by molar-refractivity contribution is 7.22. The molecule has 0 radical (unpaired) electrons. The van der Waals surface area contributed by atoms with Crippen LogP contribution in [0.3, 0.4) is 0 Å². The third-order valence-corrected chi connectivity index (χ3v) is 4.42. The van der Waals surface area contributed by atoms with Crippen LogP contribution in [0.5, 0.6) is 0 Å². The maximum Gasteiger partial charge on any atom is 0.186 e. The van der Waals surface area contributed by atoms with Gasteiger partial charge >= 0.3 is 0 Å². The third kappa shape index (κ3) is 2.03. The fourth-order valence-electron chi connectivity index (χ4n) is 2.36. The van der Waals surface area contributed by atoms with E-state index in [0.717, 1.165) is 25.2 Å². The molecule has 1 aliphatic rings. The Morgan fingerprint density at radius 2 is 2.35 bits per heavy atom. The fraction of sp³-hybridized carbons (Fsp3) is 0.462. The molecule has 1 aliphatic heterocycles. The summed E-state index contributed by atoms with van der Waals surface area (Å²) in [5.41, 5.74) is 1.13. The Labute approximate surface area is 105 Å². The Kier molecular flexibility index (Phi) is 2.99. The van der Waals surface area contributed by atoms with Crippen LogP contribution in [-0.4, -0.2) is 30.7 Å². The number of hydrogen-bond acceptors (Lipinski definition) is 4. The van der Waals surface area contributed by atoms with Crippen molar-refractivity contribution in [3.8, 4) is 0 Å². The summed E-state index contributed by atoms with van der Waals surface area (Å²) in [6, 6.07) is 8.97. The molecule has 3 rings (SSSR count). The minimum atomic E-state index is 0.587. The highest BCUT2D eigenvalue weighted by Crippen LogP contribution is 2.30. The van der Waals surface area contributed by atoms with E-state index < -0.39 is 0 Å². The van der Waals surface area contributed by atoms with Crippen molar-refractivity contribution in [3.05, 3.63) is 24.3 Å². The molecule has 90 valence electrons. The van der Waals surface area contributed by atoms with Gasteiger partial charge in [-0.3, -0.25) is 0 Å². The van der Waals surface area contributed by atoms with Gasteiger partial charge in [-0.15, -0.1) is 0 Å². The zero-order chi connectivity index (χ0) is 11.7. The molecule has 1 N–H and O–H groups in total. The molecule has 4 heteroatoms. The Bertz CT molecular complexity index is 475. The standard InChI is InChI=1S/C13H17N3S/c1-2-10-9-14-7-8-16(10)13-15-11-5-3-4-6-12(11)17-13/h3-6,10,14H,2,7-9H2,1H3. The number of para-hydroxylation sites is 1. The van der Waals surface area contributed by atoms with Crippen molar-refractivity contribution >= 4 is 26.7 Å². The molecule has 1 fully saturated rings. The van der Waals surface area contributed by atoms with Crippen LogP contribution in [0.25, 0.3) is 10.2 Å². The fourth-order valence-corrected chi connectivity index (χ4v) is 3.42. The van der Waals surface area contributed by atoms with Crippen molar-refractivity contribution in [1.29, 1.82) is 0 Å². The Morgan fingerprint density at radius 1 is 1.47 bits per heavy atom. The van der Waals surface area contributed by atoms with Crippen LogP contribution in [0, 0.1) is 0 Å². The molecule has 1 saturated heterocycles. The van der Waals surface area contributed by atoms with Gasteiger partial charge in [0.25, 0.3) is 0 Å². The number of nitrogens with zero attached hydrogens (tertiary/aromatic N) is 2. The lowest BCUT2D eigenvalue weighted by atomic mass is 10.1. The van der Waals surface area contributed by atoms with E-state index in [1.807, 2.05) is 11.3 Å². The summed E-state index contributed by atoms with van der Waals surface area (Å²) in [4.78, 5) is 7.21. The van der Waals surface area contributed by atoms with Gasteiger partial charge in [-0.1, -0.05) is 30.4 Å². The highest BCUT2D eigenvalue weighted by Gasteiger charge is 2.23. The van der Waals surface area contributed by atoms with E-state index in [0.29, 0.717) is 6.04 Å². The normalized spacial score (nSPS) is 21.0. The van der Waals surface area contributed by atoms with E-state index >= 15 is 0 Å². The molecule has 2 heterocycles. The Hall–Kier alpha value is -1.13. The lowest BCUT2D eigenvalue weighted by molar-refractivity contribution is 0.466. The van der Waals surface area contributed by atoms with E-state index in [1.165, 1.54) is 16.3 Å². The van der Waals surface area contributed by atoms with Crippen molar-refractivity contribution in [3.63, 3.8) is 0 Å². The van der Waals surface area contributed by atoms with E-state index in [2.05, 4.69) is 41.4 Å². The summed E-state index contributed by atoms with van der Waals surface area (Å²) in [7, 11) is 0. The smallest absolute Gasteiger partial charge is 0.186 e. The Balaban J connectivity index is 1.96. The van der Waals surface area contributed by atoms with Gasteiger partial charge in [0.15, 0.2) is 5.13 Å². The van der Waals surface area contributed by atoms with Crippen LogP contribution >= 0.6 is 11.3 Å². The number of nitrogens with one attached hydrogen (secondary N) is 1. The van der Waals surface area contributed by atoms with E-state index in [4.69, 9.17) is 4.98 Å². The second-order valence-corrected chi connectivity index (χ2v) is 5.43. The quantitative estimate of drug-likeness (QED) is 0.883. The van der Waals surface area contributed by atoms with E-state index in [1.54, 1.807) is 0 Å². The molecule has 0 bridgehead atoms. The largest absolute Gasteiger partial charge is 0.343 e. The van der Waals surface area contributed by atoms with Crippen LogP contribution in [-0.2, 0) is 0 Å². The van der Waals surface area contributed by atoms with E-state index in [-0.39, 0.29) is 0 Å². The molecular weight excluding hydrogens is 230 g/mol. The monoisotopic (exact) mass is 247 g/mol. The molecule has 0 spiro atoms. The minimum absolute atomic E-state index is 0.587. The first-order valence-electron chi connectivity index (χ1n) is 6.21. The van der Waals surface area contributed by atoms with E-state index in [9.17, 15) is 0 Å². The molecule has 1 atom stereocenters. The maximum absolute atomic E-state index is 4.75. The number of fused-ring (bicyclic) bond motifs is 1. The van der Waals surface area contributed by atoms with Crippen LogP contribution in [0.15, 0.2) is 24.3 Å². The summed E-state index contributed by atoms with van der Waals surface area (Å²) in [6.45, 7) is 5.45. The number of anilines is 1. The lowest BCUT2D eigenvalue weighted by Gasteiger charge is -2.35. The Morgan fingerprint density at radius 3 is 3.18 bits per heavy atom. The van der Waals surface area contributed by atoms with Crippen molar-refractivity contribution in [2.45, 2.75) is 19.4 Å². The van der Waals surface area contributed by atoms with Gasteiger partial charge in [-0.05, 0) is 18.6 Å². The minimum Gasteiger partial charge on any atom is -0.343 e. The number of hydrogen-bond donors (Lipinski definition) is 1. The predicted octanol–water partition coefficient (Wildman–Crippen LogP) is 2.48. The first-order valence-corrected chi connectivity index (χ1v) is 7.03. The zero-order valence-electron chi connectivity index (χ0n) is 10.0. The highest BCUT2D eigenvalue weighted by atomic mass is 32.1. The van der Waals surface area contributed by atoms with Crippen molar-refractivity contribution in [1.82, 2.24) is 10.3 Å². The topological polar surface area (TPSA) is 28.2 Å². The second-order valence-electron chi connectivity index (χ2n) is 4.42. The lowest BCUT2D eigenvalue weighted by Crippen LogP contribution is -2.51. The van der Waals surface area contributed by atoms with Crippen molar-refractivity contribution in [2.75, 3.05) is 24.5 Å². The van der Waals surface area contributed by atoms with Crippen molar-refractivity contribution < 1.29 is 0 Å². The van der Waals surface area contributed by atoms with Crippen molar-refractivity contribution in [2.24, 2.45) is 0 Å². The summed E-state index contributed by atoms with van der Waals surface area (Å²) in [5, 5.41) is 4.63. The molecule has 17 heavy (non-hydrogen) atoms. The summed E-state index contributed by atoms with van der Waals surface area (Å²) in [5.74, 6) is 0. The first-order chi connectivity index (χ1) is 8.38. The van der Waals surface area contributed by atoms with Crippen LogP contribution in [0.1, 0.15) is 13.3 Å². The predicted molar refractivity (Wildman–Crippen MR) is 73.9 cm³/mol. The van der Waals surface area contributed by atoms with Gasteiger partial charge in [-0.25, -0.2) is 4.98 Å². The van der Waals surface area contributed by atoms with Crippen LogP contribution < -0.4 is 10.2 Å². The van der Waals surface area contributed by atoms with Gasteiger partial charge in [0.05, 0.1) is 10.2 Å². The molecule has 1 unspecified atom stereocenters. The third-order valence-electron chi connectivity index (χ3n) is 3.35. The molecule has 1 aromatic heterocycles. The maximum atomic E-state index is 4.75. The number of piperazine rings is 1. The van der Waals surface area contributed by atoms with Crippen LogP contribution in [0.2, 0.25) is 0 Å². The second kappa shape index (κ2) is 4.63. The summed E-state index contributed by atoms with van der Waals surface area (Å²) >= 11 is 1.81. The zero-order valence-corrected chi connectivity index (χ0v) is 10.8. The molecule has 0 amide bonds. The molecule has 3 nitrogen and oxygen atoms in total. The van der Waals surface area contributed by atoms with Gasteiger partial charge in [0, 0.05) is 25.7 Å². The molecule has 0 saturated carbocycles. The molecule has 1 aromatic carbocycles. The first kappa shape index (κ1) is 11.0. The van der Waals surface area contributed by atoms with Gasteiger partial charge in [0.1, 0.15) is 0 Å². The van der Waals surface area contributed by atoms with Gasteiger partial charge in [-0.2, -0.15) is 0 Å². The molecule has 0 aliphatic carbocycles. The number of thiazole rings is 1. The summed E-state index contributed by atoms with van der Waals surface area (Å²) in [6.07, 6.45) is 1.17. The summed E-state index contributed by atoms with van der Waals surface area (Å²) < 4.78 is 1.29. The van der Waals surface area contributed by atoms with Gasteiger partial charge < -0.3 is 10.2 Å².